The van der Waals surface area contributed by atoms with E-state index in [9.17, 15) is 9.18 Å². The summed E-state index contributed by atoms with van der Waals surface area (Å²) in [7, 11) is 0. The molecular formula is C17H20FN3O3S. The van der Waals surface area contributed by atoms with Gasteiger partial charge in [0.1, 0.15) is 11.6 Å². The first-order valence-electron chi connectivity index (χ1n) is 8.28. The number of benzene rings is 1. The Morgan fingerprint density at radius 1 is 1.36 bits per heavy atom. The van der Waals surface area contributed by atoms with Gasteiger partial charge in [-0.3, -0.25) is 4.79 Å². The van der Waals surface area contributed by atoms with Crippen LogP contribution < -0.4 is 10.1 Å². The number of carbonyl (C=O) groups is 1. The molecule has 1 aliphatic rings. The zero-order valence-corrected chi connectivity index (χ0v) is 14.7. The second kappa shape index (κ2) is 8.33. The Balaban J connectivity index is 1.47. The Morgan fingerprint density at radius 2 is 2.08 bits per heavy atom. The van der Waals surface area contributed by atoms with Gasteiger partial charge in [0, 0.05) is 6.04 Å². The number of rotatable bonds is 7. The quantitative estimate of drug-likeness (QED) is 0.757. The normalized spacial score (nSPS) is 15.9. The van der Waals surface area contributed by atoms with Crippen molar-refractivity contribution in [3.05, 3.63) is 36.0 Å². The zero-order valence-electron chi connectivity index (χ0n) is 13.9. The van der Waals surface area contributed by atoms with E-state index in [4.69, 9.17) is 9.15 Å². The third-order valence-corrected chi connectivity index (χ3v) is 4.76. The molecule has 1 saturated carbocycles. The molecule has 1 amide bonds. The summed E-state index contributed by atoms with van der Waals surface area (Å²) < 4.78 is 24.1. The molecule has 6 nitrogen and oxygen atoms in total. The first-order valence-corrected chi connectivity index (χ1v) is 9.26. The Kier molecular flexibility index (Phi) is 5.91. The van der Waals surface area contributed by atoms with Gasteiger partial charge in [0.05, 0.1) is 5.75 Å². The second-order valence-corrected chi connectivity index (χ2v) is 6.88. The van der Waals surface area contributed by atoms with Crippen molar-refractivity contribution in [1.29, 1.82) is 0 Å². The predicted molar refractivity (Wildman–Crippen MR) is 90.9 cm³/mol. The fourth-order valence-electron chi connectivity index (χ4n) is 2.68. The number of halogens is 1. The lowest BCUT2D eigenvalue weighted by atomic mass is 10.2. The number of nitrogens with zero attached hydrogens (tertiary/aromatic N) is 2. The molecule has 1 aliphatic carbocycles. The van der Waals surface area contributed by atoms with Crippen LogP contribution in [0.3, 0.4) is 0 Å². The van der Waals surface area contributed by atoms with Gasteiger partial charge in [0.2, 0.25) is 5.91 Å². The van der Waals surface area contributed by atoms with E-state index >= 15 is 0 Å². The standard InChI is InChI=1S/C17H20FN3O3S/c1-11(23-14-8-6-12(18)7-9-14)16-20-21-17(24-16)25-10-15(22)19-13-4-2-3-5-13/h6-9,11,13H,2-5,10H2,1H3,(H,19,22)/t11-/m0/s1. The van der Waals surface area contributed by atoms with E-state index < -0.39 is 6.10 Å². The molecule has 0 aliphatic heterocycles. The molecule has 0 saturated heterocycles. The minimum absolute atomic E-state index is 0.0211. The Hall–Kier alpha value is -2.09. The van der Waals surface area contributed by atoms with E-state index in [0.29, 0.717) is 22.9 Å². The SMILES string of the molecule is C[C@H](Oc1ccc(F)cc1)c1nnc(SCC(=O)NC2CCCC2)o1. The van der Waals surface area contributed by atoms with Gasteiger partial charge >= 0.3 is 0 Å². The summed E-state index contributed by atoms with van der Waals surface area (Å²) in [5.74, 6) is 0.714. The Morgan fingerprint density at radius 3 is 2.80 bits per heavy atom. The summed E-state index contributed by atoms with van der Waals surface area (Å²) in [5, 5.41) is 11.2. The summed E-state index contributed by atoms with van der Waals surface area (Å²) in [4.78, 5) is 11.9. The first kappa shape index (κ1) is 17.7. The molecule has 1 fully saturated rings. The van der Waals surface area contributed by atoms with Gasteiger partial charge in [-0.15, -0.1) is 10.2 Å². The molecule has 1 heterocycles. The zero-order chi connectivity index (χ0) is 17.6. The molecule has 1 N–H and O–H groups in total. The molecule has 0 unspecified atom stereocenters. The fraction of sp³-hybridized carbons (Fsp3) is 0.471. The number of hydrogen-bond acceptors (Lipinski definition) is 6. The lowest BCUT2D eigenvalue weighted by molar-refractivity contribution is -0.119. The average Bonchev–Trinajstić information content (AvgIpc) is 3.27. The summed E-state index contributed by atoms with van der Waals surface area (Å²) >= 11 is 1.20. The van der Waals surface area contributed by atoms with Crippen LogP contribution in [0.4, 0.5) is 4.39 Å². The predicted octanol–water partition coefficient (Wildman–Crippen LogP) is 3.50. The van der Waals surface area contributed by atoms with Crippen LogP contribution in [-0.4, -0.2) is 27.9 Å². The molecule has 134 valence electrons. The van der Waals surface area contributed by atoms with Gasteiger partial charge < -0.3 is 14.5 Å². The van der Waals surface area contributed by atoms with Gasteiger partial charge in [0.15, 0.2) is 6.10 Å². The maximum absolute atomic E-state index is 12.9. The van der Waals surface area contributed by atoms with Crippen molar-refractivity contribution in [3.8, 4) is 5.75 Å². The van der Waals surface area contributed by atoms with Crippen molar-refractivity contribution < 1.29 is 18.3 Å². The highest BCUT2D eigenvalue weighted by molar-refractivity contribution is 7.99. The molecule has 3 rings (SSSR count). The number of carbonyl (C=O) groups excluding carboxylic acids is 1. The van der Waals surface area contributed by atoms with Crippen LogP contribution in [0.2, 0.25) is 0 Å². The van der Waals surface area contributed by atoms with Gasteiger partial charge in [-0.1, -0.05) is 24.6 Å². The Labute approximate surface area is 149 Å². The molecular weight excluding hydrogens is 345 g/mol. The van der Waals surface area contributed by atoms with Crippen molar-refractivity contribution in [3.63, 3.8) is 0 Å². The monoisotopic (exact) mass is 365 g/mol. The van der Waals surface area contributed by atoms with Crippen LogP contribution in [0.5, 0.6) is 5.75 Å². The summed E-state index contributed by atoms with van der Waals surface area (Å²) in [6.45, 7) is 1.76. The van der Waals surface area contributed by atoms with Gasteiger partial charge in [-0.25, -0.2) is 4.39 Å². The number of hydrogen-bond donors (Lipinski definition) is 1. The van der Waals surface area contributed by atoms with Gasteiger partial charge in [0.25, 0.3) is 11.1 Å². The molecule has 1 aromatic heterocycles. The van der Waals surface area contributed by atoms with E-state index in [1.807, 2.05) is 0 Å². The van der Waals surface area contributed by atoms with Crippen LogP contribution >= 0.6 is 11.8 Å². The van der Waals surface area contributed by atoms with Gasteiger partial charge in [-0.2, -0.15) is 0 Å². The van der Waals surface area contributed by atoms with Crippen LogP contribution in [0.1, 0.15) is 44.6 Å². The maximum atomic E-state index is 12.9. The molecule has 25 heavy (non-hydrogen) atoms. The lowest BCUT2D eigenvalue weighted by Gasteiger charge is -2.11. The molecule has 1 atom stereocenters. The maximum Gasteiger partial charge on any atom is 0.277 e. The highest BCUT2D eigenvalue weighted by atomic mass is 32.2. The smallest absolute Gasteiger partial charge is 0.277 e. The second-order valence-electron chi connectivity index (χ2n) is 5.96. The largest absolute Gasteiger partial charge is 0.481 e. The minimum Gasteiger partial charge on any atom is -0.481 e. The van der Waals surface area contributed by atoms with Crippen LogP contribution in [0, 0.1) is 5.82 Å². The summed E-state index contributed by atoms with van der Waals surface area (Å²) in [6, 6.07) is 6.01. The third-order valence-electron chi connectivity index (χ3n) is 3.94. The average molecular weight is 365 g/mol. The fourth-order valence-corrected chi connectivity index (χ4v) is 3.26. The molecule has 0 bridgehead atoms. The summed E-state index contributed by atoms with van der Waals surface area (Å²) in [6.07, 6.45) is 3.99. The van der Waals surface area contributed by atoms with E-state index in [1.54, 1.807) is 6.92 Å². The topological polar surface area (TPSA) is 77.2 Å². The van der Waals surface area contributed by atoms with Crippen LogP contribution in [-0.2, 0) is 4.79 Å². The van der Waals surface area contributed by atoms with Crippen molar-refractivity contribution in [2.45, 2.75) is 50.0 Å². The molecule has 8 heteroatoms. The van der Waals surface area contributed by atoms with E-state index in [1.165, 1.54) is 48.9 Å². The molecule has 0 spiro atoms. The van der Waals surface area contributed by atoms with Gasteiger partial charge in [-0.05, 0) is 44.0 Å². The number of nitrogens with one attached hydrogen (secondary N) is 1. The van der Waals surface area contributed by atoms with E-state index in [0.717, 1.165) is 12.8 Å². The third kappa shape index (κ3) is 5.19. The van der Waals surface area contributed by atoms with E-state index in [-0.39, 0.29) is 17.5 Å². The van der Waals surface area contributed by atoms with Crippen LogP contribution in [0.25, 0.3) is 0 Å². The number of ether oxygens (including phenoxy) is 1. The molecule has 2 aromatic rings. The van der Waals surface area contributed by atoms with Crippen LogP contribution in [0.15, 0.2) is 33.9 Å². The number of amides is 1. The minimum atomic E-state index is -0.473. The molecule has 0 radical (unpaired) electrons. The first-order chi connectivity index (χ1) is 12.1. The van der Waals surface area contributed by atoms with Crippen molar-refractivity contribution in [1.82, 2.24) is 15.5 Å². The number of aromatic nitrogens is 2. The van der Waals surface area contributed by atoms with Crippen molar-refractivity contribution in [2.24, 2.45) is 0 Å². The lowest BCUT2D eigenvalue weighted by Crippen LogP contribution is -2.33. The van der Waals surface area contributed by atoms with E-state index in [2.05, 4.69) is 15.5 Å². The van der Waals surface area contributed by atoms with Crippen molar-refractivity contribution in [2.75, 3.05) is 5.75 Å². The highest BCUT2D eigenvalue weighted by Gasteiger charge is 2.19. The molecule has 1 aromatic carbocycles. The number of thioether (sulfide) groups is 1. The summed E-state index contributed by atoms with van der Waals surface area (Å²) in [5.41, 5.74) is 0. The Bertz CT molecular complexity index is 701. The van der Waals surface area contributed by atoms with Crippen molar-refractivity contribution >= 4 is 17.7 Å². The highest BCUT2D eigenvalue weighted by Crippen LogP contribution is 2.24.